The number of rotatable bonds is 4. The molecule has 17 heavy (non-hydrogen) atoms. The van der Waals surface area contributed by atoms with Crippen LogP contribution in [0, 0.1) is 0 Å². The average molecular weight is 331 g/mol. The van der Waals surface area contributed by atoms with Gasteiger partial charge in [0.05, 0.1) is 0 Å². The van der Waals surface area contributed by atoms with Crippen molar-refractivity contribution in [3.05, 3.63) is 55.6 Å². The summed E-state index contributed by atoms with van der Waals surface area (Å²) >= 11 is 11.4. The van der Waals surface area contributed by atoms with Crippen LogP contribution < -0.4 is 5.32 Å². The monoisotopic (exact) mass is 329 g/mol. The Bertz CT molecular complexity index is 498. The molecule has 0 unspecified atom stereocenters. The largest absolute Gasteiger partial charge is 0.305 e. The highest BCUT2D eigenvalue weighted by Crippen LogP contribution is 2.24. The molecule has 1 aromatic carbocycles. The number of halogens is 2. The summed E-state index contributed by atoms with van der Waals surface area (Å²) in [5, 5.41) is 6.39. The first kappa shape index (κ1) is 13.1. The van der Waals surface area contributed by atoms with E-state index >= 15 is 0 Å². The van der Waals surface area contributed by atoms with Crippen molar-refractivity contribution in [3.63, 3.8) is 0 Å². The topological polar surface area (TPSA) is 12.0 Å². The third-order valence-electron chi connectivity index (χ3n) is 2.58. The van der Waals surface area contributed by atoms with E-state index < -0.39 is 0 Å². The minimum absolute atomic E-state index is 0.254. The fraction of sp³-hybridized carbons (Fsp3) is 0.231. The lowest BCUT2D eigenvalue weighted by Gasteiger charge is -2.14. The molecule has 1 nitrogen and oxygen atoms in total. The zero-order chi connectivity index (χ0) is 12.3. The Balaban J connectivity index is 1.98. The summed E-state index contributed by atoms with van der Waals surface area (Å²) in [6.07, 6.45) is 0. The van der Waals surface area contributed by atoms with Gasteiger partial charge in [-0.15, -0.1) is 11.3 Å². The average Bonchev–Trinajstić information content (AvgIpc) is 2.73. The van der Waals surface area contributed by atoms with Crippen molar-refractivity contribution in [1.82, 2.24) is 5.32 Å². The van der Waals surface area contributed by atoms with Gasteiger partial charge < -0.3 is 5.32 Å². The minimum Gasteiger partial charge on any atom is -0.305 e. The molecule has 1 N–H and O–H groups in total. The number of thiophene rings is 1. The van der Waals surface area contributed by atoms with Crippen molar-refractivity contribution in [3.8, 4) is 0 Å². The molecule has 4 heteroatoms. The van der Waals surface area contributed by atoms with Gasteiger partial charge in [-0.1, -0.05) is 29.8 Å². The van der Waals surface area contributed by atoms with Gasteiger partial charge in [0.2, 0.25) is 0 Å². The molecule has 1 atom stereocenters. The summed E-state index contributed by atoms with van der Waals surface area (Å²) in [6.45, 7) is 2.99. The summed E-state index contributed by atoms with van der Waals surface area (Å²) < 4.78 is 1.14. The van der Waals surface area contributed by atoms with E-state index in [0.29, 0.717) is 0 Å². The summed E-state index contributed by atoms with van der Waals surface area (Å²) in [7, 11) is 0. The van der Waals surface area contributed by atoms with E-state index in [1.54, 1.807) is 11.3 Å². The molecule has 2 aromatic rings. The summed E-state index contributed by atoms with van der Waals surface area (Å²) in [5.41, 5.74) is 1.14. The first-order valence-corrected chi connectivity index (χ1v) is 7.42. The normalized spacial score (nSPS) is 12.6. The zero-order valence-electron chi connectivity index (χ0n) is 9.41. The molecule has 0 aliphatic heterocycles. The Morgan fingerprint density at radius 1 is 1.41 bits per heavy atom. The second-order valence-corrected chi connectivity index (χ2v) is 6.17. The molecule has 0 aliphatic rings. The smallest absolute Gasteiger partial charge is 0.0453 e. The molecular weight excluding hydrogens is 318 g/mol. The standard InChI is InChI=1S/C13H13BrClNS/c1-9(12-4-2-3-5-13(12)15)16-7-11-6-10(14)8-17-11/h2-6,8-9,16H,7H2,1H3/t9-/m1/s1. The van der Waals surface area contributed by atoms with Gasteiger partial charge in [0.25, 0.3) is 0 Å². The maximum atomic E-state index is 6.16. The number of nitrogens with one attached hydrogen (secondary N) is 1. The summed E-state index contributed by atoms with van der Waals surface area (Å²) in [6, 6.07) is 10.3. The van der Waals surface area contributed by atoms with Gasteiger partial charge in [-0.05, 0) is 40.5 Å². The van der Waals surface area contributed by atoms with Crippen LogP contribution in [0.4, 0.5) is 0 Å². The third kappa shape index (κ3) is 3.55. The zero-order valence-corrected chi connectivity index (χ0v) is 12.6. The van der Waals surface area contributed by atoms with Crippen LogP contribution in [0.2, 0.25) is 5.02 Å². The predicted molar refractivity (Wildman–Crippen MR) is 78.7 cm³/mol. The van der Waals surface area contributed by atoms with Crippen molar-refractivity contribution in [1.29, 1.82) is 0 Å². The van der Waals surface area contributed by atoms with Crippen LogP contribution in [0.1, 0.15) is 23.4 Å². The molecule has 0 amide bonds. The van der Waals surface area contributed by atoms with Crippen molar-refractivity contribution in [2.45, 2.75) is 19.5 Å². The van der Waals surface area contributed by atoms with Gasteiger partial charge in [-0.25, -0.2) is 0 Å². The van der Waals surface area contributed by atoms with Crippen molar-refractivity contribution in [2.75, 3.05) is 0 Å². The van der Waals surface area contributed by atoms with E-state index in [1.807, 2.05) is 18.2 Å². The minimum atomic E-state index is 0.254. The van der Waals surface area contributed by atoms with Crippen molar-refractivity contribution >= 4 is 38.9 Å². The molecule has 0 bridgehead atoms. The summed E-state index contributed by atoms with van der Waals surface area (Å²) in [5.74, 6) is 0. The molecule has 0 spiro atoms. The molecule has 1 aromatic heterocycles. The Hall–Kier alpha value is -0.350. The van der Waals surface area contributed by atoms with Crippen LogP contribution >= 0.6 is 38.9 Å². The maximum Gasteiger partial charge on any atom is 0.0453 e. The van der Waals surface area contributed by atoms with E-state index in [4.69, 9.17) is 11.6 Å². The first-order chi connectivity index (χ1) is 8.16. The van der Waals surface area contributed by atoms with Crippen LogP contribution in [0.15, 0.2) is 40.2 Å². The van der Waals surface area contributed by atoms with Gasteiger partial charge in [0.1, 0.15) is 0 Å². The maximum absolute atomic E-state index is 6.16. The Morgan fingerprint density at radius 3 is 2.82 bits per heavy atom. The van der Waals surface area contributed by atoms with E-state index in [-0.39, 0.29) is 6.04 Å². The van der Waals surface area contributed by atoms with E-state index in [2.05, 4.69) is 45.7 Å². The summed E-state index contributed by atoms with van der Waals surface area (Å²) in [4.78, 5) is 1.32. The Labute approximate surface area is 119 Å². The van der Waals surface area contributed by atoms with Gasteiger partial charge in [0.15, 0.2) is 0 Å². The molecular formula is C13H13BrClNS. The van der Waals surface area contributed by atoms with Crippen LogP contribution in [-0.4, -0.2) is 0 Å². The highest BCUT2D eigenvalue weighted by atomic mass is 79.9. The van der Waals surface area contributed by atoms with Gasteiger partial charge in [-0.3, -0.25) is 0 Å². The van der Waals surface area contributed by atoms with Gasteiger partial charge in [-0.2, -0.15) is 0 Å². The lowest BCUT2D eigenvalue weighted by Crippen LogP contribution is -2.17. The van der Waals surface area contributed by atoms with Crippen LogP contribution in [0.5, 0.6) is 0 Å². The molecule has 0 fully saturated rings. The van der Waals surface area contributed by atoms with E-state index in [9.17, 15) is 0 Å². The predicted octanol–water partition coefficient (Wildman–Crippen LogP) is 5.01. The van der Waals surface area contributed by atoms with Crippen LogP contribution in [0.25, 0.3) is 0 Å². The third-order valence-corrected chi connectivity index (χ3v) is 4.62. The number of hydrogen-bond acceptors (Lipinski definition) is 2. The van der Waals surface area contributed by atoms with Crippen molar-refractivity contribution < 1.29 is 0 Å². The van der Waals surface area contributed by atoms with Crippen LogP contribution in [-0.2, 0) is 6.54 Å². The first-order valence-electron chi connectivity index (χ1n) is 5.37. The SMILES string of the molecule is C[C@@H](NCc1cc(Br)cs1)c1ccccc1Cl. The van der Waals surface area contributed by atoms with Crippen molar-refractivity contribution in [2.24, 2.45) is 0 Å². The number of benzene rings is 1. The molecule has 0 aliphatic carbocycles. The van der Waals surface area contributed by atoms with E-state index in [0.717, 1.165) is 21.6 Å². The van der Waals surface area contributed by atoms with Crippen LogP contribution in [0.3, 0.4) is 0 Å². The Kier molecular flexibility index (Phi) is 4.62. The highest BCUT2D eigenvalue weighted by molar-refractivity contribution is 9.10. The lowest BCUT2D eigenvalue weighted by atomic mass is 10.1. The fourth-order valence-corrected chi connectivity index (χ4v) is 3.34. The van der Waals surface area contributed by atoms with Gasteiger partial charge >= 0.3 is 0 Å². The molecule has 0 saturated heterocycles. The second kappa shape index (κ2) is 6.01. The number of hydrogen-bond donors (Lipinski definition) is 1. The fourth-order valence-electron chi connectivity index (χ4n) is 1.64. The Morgan fingerprint density at radius 2 is 2.18 bits per heavy atom. The quantitative estimate of drug-likeness (QED) is 0.830. The highest BCUT2D eigenvalue weighted by Gasteiger charge is 2.08. The molecule has 90 valence electrons. The molecule has 1 heterocycles. The lowest BCUT2D eigenvalue weighted by molar-refractivity contribution is 0.579. The molecule has 0 radical (unpaired) electrons. The van der Waals surface area contributed by atoms with Gasteiger partial charge in [0, 0.05) is 32.3 Å². The molecule has 0 saturated carbocycles. The second-order valence-electron chi connectivity index (χ2n) is 3.86. The van der Waals surface area contributed by atoms with E-state index in [1.165, 1.54) is 4.88 Å². The molecule has 2 rings (SSSR count).